The molecule has 1 aromatic heterocycles. The van der Waals surface area contributed by atoms with Gasteiger partial charge < -0.3 is 5.32 Å². The molecule has 0 radical (unpaired) electrons. The fraction of sp³-hybridized carbons (Fsp3) is 0.0789. The van der Waals surface area contributed by atoms with Crippen molar-refractivity contribution in [3.63, 3.8) is 0 Å². The van der Waals surface area contributed by atoms with E-state index < -0.39 is 11.7 Å². The smallest absolute Gasteiger partial charge is 0.381 e. The first-order valence-corrected chi connectivity index (χ1v) is 14.2. The van der Waals surface area contributed by atoms with E-state index in [9.17, 15) is 13.2 Å². The molecule has 0 amide bonds. The molecule has 1 heterocycles. The van der Waals surface area contributed by atoms with Gasteiger partial charge in [0, 0.05) is 23.8 Å². The number of fused-ring (bicyclic) bond motifs is 3. The quantitative estimate of drug-likeness (QED) is 0.202. The molecule has 5 heteroatoms. The SMILES string of the molecule is FC(F)(F)c1cccc2c(-c3cccc(NCc4c5ccccc5cc5ccccc45)c3)c(Cc3ccccc3)cnc12. The molecule has 1 N–H and O–H groups in total. The van der Waals surface area contributed by atoms with E-state index in [1.54, 1.807) is 12.3 Å². The monoisotopic (exact) mass is 568 g/mol. The highest BCUT2D eigenvalue weighted by Gasteiger charge is 2.33. The zero-order valence-corrected chi connectivity index (χ0v) is 23.2. The number of pyridine rings is 1. The molecule has 0 bridgehead atoms. The highest BCUT2D eigenvalue weighted by molar-refractivity contribution is 6.02. The summed E-state index contributed by atoms with van der Waals surface area (Å²) >= 11 is 0. The lowest BCUT2D eigenvalue weighted by Crippen LogP contribution is -2.07. The largest absolute Gasteiger partial charge is 0.418 e. The summed E-state index contributed by atoms with van der Waals surface area (Å²) in [4.78, 5) is 4.35. The van der Waals surface area contributed by atoms with Gasteiger partial charge in [-0.3, -0.25) is 4.98 Å². The summed E-state index contributed by atoms with van der Waals surface area (Å²) in [5, 5.41) is 8.84. The highest BCUT2D eigenvalue weighted by atomic mass is 19.4. The van der Waals surface area contributed by atoms with Crippen molar-refractivity contribution in [1.29, 1.82) is 0 Å². The number of nitrogens with zero attached hydrogens (tertiary/aromatic N) is 1. The first-order valence-electron chi connectivity index (χ1n) is 14.2. The Labute approximate surface area is 247 Å². The molecule has 0 spiro atoms. The van der Waals surface area contributed by atoms with Crippen molar-refractivity contribution in [3.8, 4) is 11.1 Å². The third kappa shape index (κ3) is 5.19. The number of benzene rings is 6. The van der Waals surface area contributed by atoms with E-state index in [4.69, 9.17) is 0 Å². The molecule has 2 nitrogen and oxygen atoms in total. The van der Waals surface area contributed by atoms with Crippen LogP contribution < -0.4 is 5.32 Å². The van der Waals surface area contributed by atoms with Crippen LogP contribution in [0.3, 0.4) is 0 Å². The van der Waals surface area contributed by atoms with E-state index in [0.717, 1.165) is 34.0 Å². The van der Waals surface area contributed by atoms with Gasteiger partial charge >= 0.3 is 6.18 Å². The first-order chi connectivity index (χ1) is 21.0. The van der Waals surface area contributed by atoms with Gasteiger partial charge in [-0.25, -0.2) is 0 Å². The standard InChI is InChI=1S/C38H27F3N2/c39-38(40,41)35-19-9-18-33-36(29(23-43-37(33)35)20-25-10-2-1-3-11-25)28-14-8-15-30(22-28)42-24-34-31-16-6-4-12-26(31)21-27-13-5-7-17-32(27)34/h1-19,21-23,42H,20,24H2. The molecule has 210 valence electrons. The van der Waals surface area contributed by atoms with Crippen molar-refractivity contribution in [2.45, 2.75) is 19.1 Å². The third-order valence-electron chi connectivity index (χ3n) is 8.02. The molecule has 0 aliphatic carbocycles. The van der Waals surface area contributed by atoms with Gasteiger partial charge in [-0.05, 0) is 80.0 Å². The fourth-order valence-electron chi connectivity index (χ4n) is 6.06. The van der Waals surface area contributed by atoms with E-state index in [0.29, 0.717) is 18.4 Å². The minimum Gasteiger partial charge on any atom is -0.381 e. The Morgan fingerprint density at radius 1 is 0.628 bits per heavy atom. The van der Waals surface area contributed by atoms with Crippen LogP contribution in [0.2, 0.25) is 0 Å². The maximum absolute atomic E-state index is 14.0. The van der Waals surface area contributed by atoms with Gasteiger partial charge in [0.25, 0.3) is 0 Å². The summed E-state index contributed by atoms with van der Waals surface area (Å²) in [5.41, 5.74) is 4.86. The van der Waals surface area contributed by atoms with Crippen LogP contribution in [0.1, 0.15) is 22.3 Å². The Balaban J connectivity index is 1.33. The number of halogens is 3. The van der Waals surface area contributed by atoms with Crippen LogP contribution in [-0.2, 0) is 19.1 Å². The second-order valence-electron chi connectivity index (χ2n) is 10.8. The topological polar surface area (TPSA) is 24.9 Å². The number of nitrogens with one attached hydrogen (secondary N) is 1. The van der Waals surface area contributed by atoms with Crippen LogP contribution in [-0.4, -0.2) is 4.98 Å². The Bertz CT molecular complexity index is 2050. The van der Waals surface area contributed by atoms with Crippen LogP contribution >= 0.6 is 0 Å². The normalized spacial score (nSPS) is 11.8. The Morgan fingerprint density at radius 3 is 2.00 bits per heavy atom. The maximum Gasteiger partial charge on any atom is 0.418 e. The van der Waals surface area contributed by atoms with Crippen molar-refractivity contribution in [3.05, 3.63) is 156 Å². The lowest BCUT2D eigenvalue weighted by Gasteiger charge is -2.18. The number of alkyl halides is 3. The average Bonchev–Trinajstić information content (AvgIpc) is 3.03. The predicted octanol–water partition coefficient (Wildman–Crippen LogP) is 10.4. The Kier molecular flexibility index (Phi) is 6.78. The molecule has 43 heavy (non-hydrogen) atoms. The van der Waals surface area contributed by atoms with Crippen molar-refractivity contribution >= 4 is 38.1 Å². The van der Waals surface area contributed by atoms with Gasteiger partial charge in [0.05, 0.1) is 11.1 Å². The molecule has 7 rings (SSSR count). The number of hydrogen-bond acceptors (Lipinski definition) is 2. The minimum absolute atomic E-state index is 0.0394. The molecule has 7 aromatic rings. The van der Waals surface area contributed by atoms with Crippen LogP contribution in [0.15, 0.2) is 134 Å². The number of para-hydroxylation sites is 1. The summed E-state index contributed by atoms with van der Waals surface area (Å²) in [7, 11) is 0. The second-order valence-corrected chi connectivity index (χ2v) is 10.8. The molecular formula is C38H27F3N2. The first kappa shape index (κ1) is 26.7. The van der Waals surface area contributed by atoms with Gasteiger partial charge in [-0.1, -0.05) is 103 Å². The zero-order valence-electron chi connectivity index (χ0n) is 23.2. The average molecular weight is 569 g/mol. The van der Waals surface area contributed by atoms with E-state index in [1.165, 1.54) is 33.2 Å². The van der Waals surface area contributed by atoms with E-state index in [-0.39, 0.29) is 5.52 Å². The van der Waals surface area contributed by atoms with Gasteiger partial charge in [-0.15, -0.1) is 0 Å². The van der Waals surface area contributed by atoms with Gasteiger partial charge in [0.2, 0.25) is 0 Å². The van der Waals surface area contributed by atoms with Crippen LogP contribution in [0, 0.1) is 0 Å². The Morgan fingerprint density at radius 2 is 1.28 bits per heavy atom. The van der Waals surface area contributed by atoms with E-state index in [1.807, 2.05) is 66.7 Å². The lowest BCUT2D eigenvalue weighted by atomic mass is 9.91. The van der Waals surface area contributed by atoms with E-state index in [2.05, 4.69) is 52.8 Å². The summed E-state index contributed by atoms with van der Waals surface area (Å²) in [5.74, 6) is 0. The summed E-state index contributed by atoms with van der Waals surface area (Å²) in [6.45, 7) is 0.595. The molecule has 0 unspecified atom stereocenters. The molecule has 0 aliphatic rings. The number of hydrogen-bond donors (Lipinski definition) is 1. The molecular weight excluding hydrogens is 541 g/mol. The number of aromatic nitrogens is 1. The van der Waals surface area contributed by atoms with Gasteiger partial charge in [-0.2, -0.15) is 13.2 Å². The van der Waals surface area contributed by atoms with Crippen LogP contribution in [0.4, 0.5) is 18.9 Å². The van der Waals surface area contributed by atoms with Crippen molar-refractivity contribution in [1.82, 2.24) is 4.98 Å². The number of anilines is 1. The zero-order chi connectivity index (χ0) is 29.4. The van der Waals surface area contributed by atoms with Crippen LogP contribution in [0.25, 0.3) is 43.6 Å². The molecule has 0 saturated heterocycles. The highest BCUT2D eigenvalue weighted by Crippen LogP contribution is 2.39. The fourth-order valence-corrected chi connectivity index (χ4v) is 6.06. The molecule has 0 atom stereocenters. The minimum atomic E-state index is -4.50. The van der Waals surface area contributed by atoms with Gasteiger partial charge in [0.1, 0.15) is 0 Å². The third-order valence-corrected chi connectivity index (χ3v) is 8.02. The molecule has 0 saturated carbocycles. The second kappa shape index (κ2) is 10.9. The summed E-state index contributed by atoms with van der Waals surface area (Å²) in [6, 6.07) is 41.1. The number of rotatable bonds is 6. The van der Waals surface area contributed by atoms with Crippen molar-refractivity contribution in [2.75, 3.05) is 5.32 Å². The summed E-state index contributed by atoms with van der Waals surface area (Å²) < 4.78 is 42.0. The van der Waals surface area contributed by atoms with E-state index >= 15 is 0 Å². The van der Waals surface area contributed by atoms with Crippen molar-refractivity contribution < 1.29 is 13.2 Å². The maximum atomic E-state index is 14.0. The Hall–Kier alpha value is -5.16. The van der Waals surface area contributed by atoms with Crippen LogP contribution in [0.5, 0.6) is 0 Å². The predicted molar refractivity (Wildman–Crippen MR) is 170 cm³/mol. The molecule has 0 aliphatic heterocycles. The molecule has 6 aromatic carbocycles. The molecule has 0 fully saturated rings. The lowest BCUT2D eigenvalue weighted by molar-refractivity contribution is -0.136. The van der Waals surface area contributed by atoms with Crippen molar-refractivity contribution in [2.24, 2.45) is 0 Å². The summed E-state index contributed by atoms with van der Waals surface area (Å²) in [6.07, 6.45) is -2.35. The van der Waals surface area contributed by atoms with Gasteiger partial charge in [0.15, 0.2) is 0 Å².